The first-order valence-electron chi connectivity index (χ1n) is 5.51. The SMILES string of the molecule is CC(C)C[C@H]1N=C(c2ccccc2)OC1=O. The zero-order valence-electron chi connectivity index (χ0n) is 9.51. The highest BCUT2D eigenvalue weighted by molar-refractivity contribution is 6.06. The van der Waals surface area contributed by atoms with E-state index in [-0.39, 0.29) is 12.0 Å². The van der Waals surface area contributed by atoms with Crippen molar-refractivity contribution in [2.75, 3.05) is 0 Å². The summed E-state index contributed by atoms with van der Waals surface area (Å²) < 4.78 is 5.17. The number of cyclic esters (lactones) is 1. The zero-order chi connectivity index (χ0) is 11.5. The van der Waals surface area contributed by atoms with Crippen molar-refractivity contribution in [3.05, 3.63) is 35.9 Å². The number of esters is 1. The second-order valence-electron chi connectivity index (χ2n) is 4.37. The zero-order valence-corrected chi connectivity index (χ0v) is 9.51. The number of aliphatic imine (C=N–C) groups is 1. The Balaban J connectivity index is 2.17. The van der Waals surface area contributed by atoms with E-state index >= 15 is 0 Å². The molecule has 0 aliphatic carbocycles. The molecule has 0 amide bonds. The number of rotatable bonds is 3. The van der Waals surface area contributed by atoms with E-state index < -0.39 is 0 Å². The van der Waals surface area contributed by atoms with Crippen LogP contribution in [0.25, 0.3) is 0 Å². The average Bonchev–Trinajstić information content (AvgIpc) is 2.61. The fourth-order valence-electron chi connectivity index (χ4n) is 1.69. The van der Waals surface area contributed by atoms with E-state index in [2.05, 4.69) is 18.8 Å². The molecular formula is C13H15NO2. The second kappa shape index (κ2) is 4.47. The van der Waals surface area contributed by atoms with Gasteiger partial charge < -0.3 is 4.74 Å². The molecule has 0 saturated carbocycles. The van der Waals surface area contributed by atoms with Gasteiger partial charge in [0.1, 0.15) is 0 Å². The Kier molecular flexibility index (Phi) is 3.04. The minimum absolute atomic E-state index is 0.229. The quantitative estimate of drug-likeness (QED) is 0.729. The van der Waals surface area contributed by atoms with E-state index in [9.17, 15) is 4.79 Å². The van der Waals surface area contributed by atoms with E-state index in [1.54, 1.807) is 0 Å². The van der Waals surface area contributed by atoms with Crippen molar-refractivity contribution in [3.8, 4) is 0 Å². The highest BCUT2D eigenvalue weighted by atomic mass is 16.6. The van der Waals surface area contributed by atoms with Crippen molar-refractivity contribution in [1.29, 1.82) is 0 Å². The smallest absolute Gasteiger partial charge is 0.337 e. The molecule has 3 heteroatoms. The van der Waals surface area contributed by atoms with E-state index in [1.807, 2.05) is 30.3 Å². The van der Waals surface area contributed by atoms with Crippen LogP contribution in [0.2, 0.25) is 0 Å². The maximum Gasteiger partial charge on any atom is 0.337 e. The number of carbonyl (C=O) groups is 1. The molecule has 0 radical (unpaired) electrons. The summed E-state index contributed by atoms with van der Waals surface area (Å²) in [6.45, 7) is 4.15. The summed E-state index contributed by atoms with van der Waals surface area (Å²) in [5.74, 6) is 0.667. The number of hydrogen-bond acceptors (Lipinski definition) is 3. The summed E-state index contributed by atoms with van der Waals surface area (Å²) in [5, 5.41) is 0. The molecule has 1 heterocycles. The molecule has 1 aliphatic heterocycles. The fraction of sp³-hybridized carbons (Fsp3) is 0.385. The van der Waals surface area contributed by atoms with Crippen LogP contribution >= 0.6 is 0 Å². The second-order valence-corrected chi connectivity index (χ2v) is 4.37. The first-order chi connectivity index (χ1) is 7.66. The first kappa shape index (κ1) is 10.9. The van der Waals surface area contributed by atoms with Crippen LogP contribution in [0.15, 0.2) is 35.3 Å². The lowest BCUT2D eigenvalue weighted by atomic mass is 10.1. The number of carbonyl (C=O) groups excluding carboxylic acids is 1. The summed E-state index contributed by atoms with van der Waals surface area (Å²) in [6.07, 6.45) is 0.745. The maximum atomic E-state index is 11.6. The van der Waals surface area contributed by atoms with Crippen molar-refractivity contribution >= 4 is 11.9 Å². The van der Waals surface area contributed by atoms with E-state index in [1.165, 1.54) is 0 Å². The molecule has 84 valence electrons. The molecule has 1 aliphatic rings. The molecule has 0 unspecified atom stereocenters. The molecule has 1 atom stereocenters. The third kappa shape index (κ3) is 2.30. The van der Waals surface area contributed by atoms with Crippen LogP contribution in [0.3, 0.4) is 0 Å². The number of benzene rings is 1. The maximum absolute atomic E-state index is 11.6. The summed E-state index contributed by atoms with van der Waals surface area (Å²) in [7, 11) is 0. The van der Waals surface area contributed by atoms with Gasteiger partial charge in [0.15, 0.2) is 6.04 Å². The summed E-state index contributed by atoms with van der Waals surface area (Å²) in [6, 6.07) is 9.19. The molecule has 0 spiro atoms. The van der Waals surface area contributed by atoms with Crippen LogP contribution in [0.5, 0.6) is 0 Å². The molecule has 3 nitrogen and oxygen atoms in total. The predicted molar refractivity (Wildman–Crippen MR) is 62.3 cm³/mol. The normalized spacial score (nSPS) is 19.8. The Morgan fingerprint density at radius 2 is 2.00 bits per heavy atom. The molecule has 16 heavy (non-hydrogen) atoms. The van der Waals surface area contributed by atoms with E-state index in [4.69, 9.17) is 4.74 Å². The van der Waals surface area contributed by atoms with Crippen LogP contribution in [-0.4, -0.2) is 17.9 Å². The van der Waals surface area contributed by atoms with Crippen LogP contribution in [0, 0.1) is 5.92 Å². The van der Waals surface area contributed by atoms with Gasteiger partial charge in [-0.3, -0.25) is 0 Å². The molecule has 0 bridgehead atoms. The molecule has 0 aromatic heterocycles. The van der Waals surface area contributed by atoms with Crippen LogP contribution in [-0.2, 0) is 9.53 Å². The van der Waals surface area contributed by atoms with Gasteiger partial charge >= 0.3 is 5.97 Å². The minimum atomic E-state index is -0.324. The molecular weight excluding hydrogens is 202 g/mol. The van der Waals surface area contributed by atoms with Gasteiger partial charge in [-0.15, -0.1) is 0 Å². The van der Waals surface area contributed by atoms with Gasteiger partial charge in [0, 0.05) is 5.56 Å². The number of ether oxygens (including phenoxy) is 1. The Bertz CT molecular complexity index is 409. The van der Waals surface area contributed by atoms with Gasteiger partial charge in [0.05, 0.1) is 0 Å². The lowest BCUT2D eigenvalue weighted by Crippen LogP contribution is -2.17. The lowest BCUT2D eigenvalue weighted by Gasteiger charge is -2.05. The van der Waals surface area contributed by atoms with Crippen molar-refractivity contribution < 1.29 is 9.53 Å². The highest BCUT2D eigenvalue weighted by Crippen LogP contribution is 2.18. The van der Waals surface area contributed by atoms with Gasteiger partial charge in [0.25, 0.3) is 0 Å². The molecule has 0 saturated heterocycles. The van der Waals surface area contributed by atoms with Gasteiger partial charge in [-0.25, -0.2) is 9.79 Å². The molecule has 1 aromatic carbocycles. The predicted octanol–water partition coefficient (Wildman–Crippen LogP) is 2.40. The van der Waals surface area contributed by atoms with Gasteiger partial charge in [-0.05, 0) is 24.5 Å². The van der Waals surface area contributed by atoms with Crippen molar-refractivity contribution in [2.45, 2.75) is 26.3 Å². The van der Waals surface area contributed by atoms with Gasteiger partial charge in [-0.2, -0.15) is 0 Å². The summed E-state index contributed by atoms with van der Waals surface area (Å²) >= 11 is 0. The minimum Gasteiger partial charge on any atom is -0.406 e. The van der Waals surface area contributed by atoms with Gasteiger partial charge in [-0.1, -0.05) is 32.0 Å². The van der Waals surface area contributed by atoms with Gasteiger partial charge in [0.2, 0.25) is 5.90 Å². The molecule has 2 rings (SSSR count). The van der Waals surface area contributed by atoms with Crippen LogP contribution < -0.4 is 0 Å². The first-order valence-corrected chi connectivity index (χ1v) is 5.51. The van der Waals surface area contributed by atoms with Crippen LogP contribution in [0.4, 0.5) is 0 Å². The standard InChI is InChI=1S/C13H15NO2/c1-9(2)8-11-13(15)16-12(14-11)10-6-4-3-5-7-10/h3-7,9,11H,8H2,1-2H3/t11-/m1/s1. The topological polar surface area (TPSA) is 38.7 Å². The summed E-state index contributed by atoms with van der Waals surface area (Å²) in [4.78, 5) is 15.9. The fourth-order valence-corrected chi connectivity index (χ4v) is 1.69. The third-order valence-corrected chi connectivity index (χ3v) is 2.46. The molecule has 1 aromatic rings. The number of hydrogen-bond donors (Lipinski definition) is 0. The largest absolute Gasteiger partial charge is 0.406 e. The highest BCUT2D eigenvalue weighted by Gasteiger charge is 2.29. The Morgan fingerprint density at radius 1 is 1.31 bits per heavy atom. The van der Waals surface area contributed by atoms with Crippen molar-refractivity contribution in [2.24, 2.45) is 10.9 Å². The lowest BCUT2D eigenvalue weighted by molar-refractivity contribution is -0.135. The monoisotopic (exact) mass is 217 g/mol. The van der Waals surface area contributed by atoms with E-state index in [0.29, 0.717) is 11.8 Å². The summed E-state index contributed by atoms with van der Waals surface area (Å²) in [5.41, 5.74) is 0.863. The molecule has 0 fully saturated rings. The van der Waals surface area contributed by atoms with E-state index in [0.717, 1.165) is 12.0 Å². The number of nitrogens with zero attached hydrogens (tertiary/aromatic N) is 1. The Morgan fingerprint density at radius 3 is 2.62 bits per heavy atom. The molecule has 0 N–H and O–H groups in total. The van der Waals surface area contributed by atoms with Crippen molar-refractivity contribution in [3.63, 3.8) is 0 Å². The average molecular weight is 217 g/mol. The third-order valence-electron chi connectivity index (χ3n) is 2.46. The Labute approximate surface area is 95.2 Å². The van der Waals surface area contributed by atoms with Crippen molar-refractivity contribution in [1.82, 2.24) is 0 Å². The Hall–Kier alpha value is -1.64. The van der Waals surface area contributed by atoms with Crippen LogP contribution in [0.1, 0.15) is 25.8 Å².